The Morgan fingerprint density at radius 1 is 1.30 bits per heavy atom. The summed E-state index contributed by atoms with van der Waals surface area (Å²) in [6, 6.07) is 6.85. The van der Waals surface area contributed by atoms with Crippen LogP contribution in [0.1, 0.15) is 31.2 Å². The Balaban J connectivity index is 1.61. The number of nitro benzene ring substituents is 1. The van der Waals surface area contributed by atoms with Crippen LogP contribution in [0.4, 0.5) is 5.69 Å². The smallest absolute Gasteiger partial charge is 0.269 e. The van der Waals surface area contributed by atoms with Gasteiger partial charge in [0.05, 0.1) is 23.9 Å². The number of non-ortho nitro benzene ring substituents is 1. The molecule has 3 rings (SSSR count). The number of likely N-dealkylation sites (tertiary alicyclic amines) is 2. The third kappa shape index (κ3) is 3.88. The molecule has 2 heterocycles. The number of nitro groups is 1. The molecule has 0 bridgehead atoms. The largest absolute Gasteiger partial charge is 0.342 e. The lowest BCUT2D eigenvalue weighted by atomic mass is 9.96. The normalized spacial score (nSPS) is 24.6. The number of carbonyl (C=O) groups excluding carboxylic acids is 1. The Morgan fingerprint density at radius 2 is 2.09 bits per heavy atom. The summed E-state index contributed by atoms with van der Waals surface area (Å²) >= 11 is 0. The van der Waals surface area contributed by atoms with Gasteiger partial charge in [0.1, 0.15) is 6.54 Å². The second-order valence-electron chi connectivity index (χ2n) is 6.68. The lowest BCUT2D eigenvalue weighted by Gasteiger charge is -2.31. The molecule has 0 spiro atoms. The molecule has 2 fully saturated rings. The van der Waals surface area contributed by atoms with Crippen LogP contribution in [0.5, 0.6) is 0 Å². The maximum atomic E-state index is 12.6. The molecule has 2 aliphatic heterocycles. The van der Waals surface area contributed by atoms with Crippen molar-refractivity contribution < 1.29 is 14.6 Å². The van der Waals surface area contributed by atoms with E-state index in [0.717, 1.165) is 64.0 Å². The molecular weight excluding hydrogens is 294 g/mol. The first-order valence-electron chi connectivity index (χ1n) is 8.49. The van der Waals surface area contributed by atoms with E-state index >= 15 is 0 Å². The van der Waals surface area contributed by atoms with Gasteiger partial charge in [-0.3, -0.25) is 14.9 Å². The van der Waals surface area contributed by atoms with E-state index in [1.807, 2.05) is 11.0 Å². The van der Waals surface area contributed by atoms with Gasteiger partial charge in [-0.2, -0.15) is 0 Å². The van der Waals surface area contributed by atoms with E-state index < -0.39 is 0 Å². The van der Waals surface area contributed by atoms with Gasteiger partial charge in [0, 0.05) is 30.8 Å². The predicted octanol–water partition coefficient (Wildman–Crippen LogP) is 1.01. The lowest BCUT2D eigenvalue weighted by Crippen LogP contribution is -3.12. The Morgan fingerprint density at radius 3 is 2.83 bits per heavy atom. The zero-order valence-corrected chi connectivity index (χ0v) is 13.4. The molecule has 23 heavy (non-hydrogen) atoms. The van der Waals surface area contributed by atoms with Crippen molar-refractivity contribution in [3.8, 4) is 0 Å². The summed E-state index contributed by atoms with van der Waals surface area (Å²) in [6.45, 7) is 4.46. The number of amides is 1. The maximum Gasteiger partial charge on any atom is 0.269 e. The minimum atomic E-state index is -0.352. The van der Waals surface area contributed by atoms with Crippen molar-refractivity contribution >= 4 is 11.6 Å². The van der Waals surface area contributed by atoms with E-state index in [1.54, 1.807) is 12.1 Å². The fraction of sp³-hybridized carbons (Fsp3) is 0.588. The van der Waals surface area contributed by atoms with E-state index in [2.05, 4.69) is 0 Å². The van der Waals surface area contributed by atoms with E-state index in [9.17, 15) is 14.9 Å². The summed E-state index contributed by atoms with van der Waals surface area (Å²) < 4.78 is 0. The molecule has 2 saturated heterocycles. The first-order chi connectivity index (χ1) is 11.1. The molecule has 1 N–H and O–H groups in total. The Kier molecular flexibility index (Phi) is 4.91. The summed E-state index contributed by atoms with van der Waals surface area (Å²) in [7, 11) is 0. The van der Waals surface area contributed by atoms with Gasteiger partial charge in [-0.25, -0.2) is 0 Å². The first-order valence-corrected chi connectivity index (χ1v) is 8.49. The average molecular weight is 318 g/mol. The van der Waals surface area contributed by atoms with Gasteiger partial charge in [0.2, 0.25) is 5.91 Å². The third-order valence-electron chi connectivity index (χ3n) is 4.96. The van der Waals surface area contributed by atoms with Crippen molar-refractivity contribution in [1.29, 1.82) is 0 Å². The zero-order valence-electron chi connectivity index (χ0n) is 13.4. The monoisotopic (exact) mass is 318 g/mol. The molecule has 1 amide bonds. The van der Waals surface area contributed by atoms with Crippen LogP contribution in [0.2, 0.25) is 0 Å². The minimum Gasteiger partial charge on any atom is -0.342 e. The molecule has 0 radical (unpaired) electrons. The van der Waals surface area contributed by atoms with Crippen molar-refractivity contribution in [1.82, 2.24) is 4.90 Å². The number of piperidine rings is 1. The molecule has 6 heteroatoms. The number of nitrogens with one attached hydrogen (secondary N) is 1. The van der Waals surface area contributed by atoms with E-state index in [4.69, 9.17) is 0 Å². The van der Waals surface area contributed by atoms with Gasteiger partial charge in [0.15, 0.2) is 0 Å². The van der Waals surface area contributed by atoms with Crippen molar-refractivity contribution in [2.45, 2.75) is 32.2 Å². The van der Waals surface area contributed by atoms with E-state index in [-0.39, 0.29) is 16.5 Å². The minimum absolute atomic E-state index is 0.121. The fourth-order valence-electron chi connectivity index (χ4n) is 3.79. The third-order valence-corrected chi connectivity index (χ3v) is 4.96. The maximum absolute atomic E-state index is 12.6. The summed E-state index contributed by atoms with van der Waals surface area (Å²) in [5, 5.41) is 10.9. The van der Waals surface area contributed by atoms with Crippen LogP contribution in [0.25, 0.3) is 0 Å². The van der Waals surface area contributed by atoms with Gasteiger partial charge >= 0.3 is 0 Å². The van der Waals surface area contributed by atoms with Crippen LogP contribution < -0.4 is 4.90 Å². The molecule has 0 saturated carbocycles. The fourth-order valence-corrected chi connectivity index (χ4v) is 3.79. The molecule has 6 nitrogen and oxygen atoms in total. The topological polar surface area (TPSA) is 67.9 Å². The number of nitrogens with zero attached hydrogens (tertiary/aromatic N) is 2. The first kappa shape index (κ1) is 15.9. The number of rotatable bonds is 4. The summed E-state index contributed by atoms with van der Waals surface area (Å²) in [5.74, 6) is 0.439. The van der Waals surface area contributed by atoms with Crippen LogP contribution in [0, 0.1) is 16.0 Å². The van der Waals surface area contributed by atoms with Crippen LogP contribution >= 0.6 is 0 Å². The molecule has 1 aromatic rings. The van der Waals surface area contributed by atoms with Crippen LogP contribution in [-0.4, -0.2) is 41.9 Å². The molecule has 2 aliphatic rings. The Bertz CT molecular complexity index is 584. The number of benzene rings is 1. The Hall–Kier alpha value is -1.95. The molecule has 124 valence electrons. The molecule has 0 aliphatic carbocycles. The second-order valence-corrected chi connectivity index (χ2v) is 6.68. The highest BCUT2D eigenvalue weighted by Crippen LogP contribution is 2.17. The van der Waals surface area contributed by atoms with Crippen LogP contribution in [-0.2, 0) is 11.3 Å². The summed E-state index contributed by atoms with van der Waals surface area (Å²) in [4.78, 5) is 26.5. The number of hydrogen-bond acceptors (Lipinski definition) is 3. The average Bonchev–Trinajstić information content (AvgIpc) is 3.09. The van der Waals surface area contributed by atoms with Gasteiger partial charge in [-0.05, 0) is 25.7 Å². The molecule has 2 atom stereocenters. The standard InChI is InChI=1S/C17H23N3O3/c21-17(19-9-1-2-10-19)15-6-4-8-18(13-15)12-14-5-3-7-16(11-14)20(22)23/h3,5,7,11,15H,1-2,4,6,8-10,12-13H2/p+1/t15-/m1/s1. The van der Waals surface area contributed by atoms with Gasteiger partial charge in [-0.15, -0.1) is 0 Å². The van der Waals surface area contributed by atoms with Crippen LogP contribution in [0.15, 0.2) is 24.3 Å². The predicted molar refractivity (Wildman–Crippen MR) is 86.0 cm³/mol. The van der Waals surface area contributed by atoms with Gasteiger partial charge < -0.3 is 9.80 Å². The van der Waals surface area contributed by atoms with E-state index in [0.29, 0.717) is 5.91 Å². The second kappa shape index (κ2) is 7.08. The Labute approximate surface area is 136 Å². The highest BCUT2D eigenvalue weighted by Gasteiger charge is 2.32. The van der Waals surface area contributed by atoms with Crippen molar-refractivity contribution in [2.24, 2.45) is 5.92 Å². The summed E-state index contributed by atoms with van der Waals surface area (Å²) in [5.41, 5.74) is 1.12. The molecule has 1 aromatic carbocycles. The lowest BCUT2D eigenvalue weighted by molar-refractivity contribution is -0.921. The highest BCUT2D eigenvalue weighted by atomic mass is 16.6. The zero-order chi connectivity index (χ0) is 16.2. The number of hydrogen-bond donors (Lipinski definition) is 1. The van der Waals surface area contributed by atoms with Crippen LogP contribution in [0.3, 0.4) is 0 Å². The molecular formula is C17H24N3O3+. The number of carbonyl (C=O) groups is 1. The van der Waals surface area contributed by atoms with Crippen molar-refractivity contribution in [3.05, 3.63) is 39.9 Å². The quantitative estimate of drug-likeness (QED) is 0.665. The highest BCUT2D eigenvalue weighted by molar-refractivity contribution is 5.79. The molecule has 0 aromatic heterocycles. The summed E-state index contributed by atoms with van der Waals surface area (Å²) in [6.07, 6.45) is 4.29. The van der Waals surface area contributed by atoms with Gasteiger partial charge in [-0.1, -0.05) is 12.1 Å². The van der Waals surface area contributed by atoms with Gasteiger partial charge in [0.25, 0.3) is 5.69 Å². The number of quaternary nitrogens is 1. The van der Waals surface area contributed by atoms with Crippen molar-refractivity contribution in [3.63, 3.8) is 0 Å². The SMILES string of the molecule is O=C([C@@H]1CCC[NH+](Cc2cccc([N+](=O)[O-])c2)C1)N1CCCC1. The van der Waals surface area contributed by atoms with E-state index in [1.165, 1.54) is 11.0 Å². The van der Waals surface area contributed by atoms with Crippen molar-refractivity contribution in [2.75, 3.05) is 26.2 Å². The molecule has 1 unspecified atom stereocenters.